The number of hydrogen-bond donors (Lipinski definition) is 1. The molecule has 6 nitrogen and oxygen atoms in total. The van der Waals surface area contributed by atoms with E-state index >= 15 is 0 Å². The summed E-state index contributed by atoms with van der Waals surface area (Å²) < 4.78 is 11.5. The molecule has 30 heavy (non-hydrogen) atoms. The van der Waals surface area contributed by atoms with Crippen LogP contribution in [0.15, 0.2) is 40.4 Å². The van der Waals surface area contributed by atoms with Gasteiger partial charge in [-0.3, -0.25) is 19.8 Å². The van der Waals surface area contributed by atoms with E-state index in [1.54, 1.807) is 37.3 Å². The zero-order valence-electron chi connectivity index (χ0n) is 16.4. The lowest BCUT2D eigenvalue weighted by Gasteiger charge is -2.30. The second-order valence-corrected chi connectivity index (χ2v) is 7.95. The number of nitrogens with zero attached hydrogens (tertiary/aromatic N) is 1. The first kappa shape index (κ1) is 22.3. The number of halogens is 2. The fourth-order valence-corrected chi connectivity index (χ4v) is 3.84. The van der Waals surface area contributed by atoms with Crippen LogP contribution in [0.2, 0.25) is 5.02 Å². The van der Waals surface area contributed by atoms with Gasteiger partial charge in [-0.2, -0.15) is 0 Å². The minimum atomic E-state index is -0.582. The topological polar surface area (TPSA) is 67.9 Å². The minimum Gasteiger partial charge on any atom is -0.493 e. The molecule has 156 valence electrons. The maximum absolute atomic E-state index is 13.3. The molecule has 1 fully saturated rings. The maximum Gasteiger partial charge on any atom is 0.270 e. The first-order valence-electron chi connectivity index (χ1n) is 8.95. The smallest absolute Gasteiger partial charge is 0.270 e. The summed E-state index contributed by atoms with van der Waals surface area (Å²) in [5, 5.41) is 3.06. The quantitative estimate of drug-likeness (QED) is 0.361. The number of carbonyl (C=O) groups is 2. The predicted octanol–water partition coefficient (Wildman–Crippen LogP) is 4.65. The first-order valence-corrected chi connectivity index (χ1v) is 10.5. The summed E-state index contributed by atoms with van der Waals surface area (Å²) in [7, 11) is 1.53. The number of rotatable bonds is 5. The number of methoxy groups -OCH3 is 1. The normalized spacial score (nSPS) is 15.4. The number of amides is 2. The molecular formula is C21H18BrClN2O4S. The number of ether oxygens (including phenoxy) is 2. The molecule has 0 bridgehead atoms. The van der Waals surface area contributed by atoms with Crippen molar-refractivity contribution < 1.29 is 19.1 Å². The zero-order chi connectivity index (χ0) is 22.0. The minimum absolute atomic E-state index is 0.00341. The molecular weight excluding hydrogens is 492 g/mol. The number of nitrogens with one attached hydrogen (secondary N) is 1. The molecule has 3 rings (SSSR count). The van der Waals surface area contributed by atoms with Crippen LogP contribution >= 0.6 is 39.7 Å². The van der Waals surface area contributed by atoms with E-state index in [-0.39, 0.29) is 10.7 Å². The van der Waals surface area contributed by atoms with Crippen LogP contribution in [-0.4, -0.2) is 30.6 Å². The van der Waals surface area contributed by atoms with E-state index in [2.05, 4.69) is 21.2 Å². The maximum atomic E-state index is 13.3. The fraction of sp³-hybridized carbons (Fsp3) is 0.190. The summed E-state index contributed by atoms with van der Waals surface area (Å²) >= 11 is 14.9. The van der Waals surface area contributed by atoms with Gasteiger partial charge in [0.05, 0.1) is 19.4 Å². The molecule has 2 aromatic rings. The van der Waals surface area contributed by atoms with E-state index in [0.29, 0.717) is 44.4 Å². The van der Waals surface area contributed by atoms with Gasteiger partial charge in [-0.25, -0.2) is 0 Å². The van der Waals surface area contributed by atoms with Gasteiger partial charge in [0, 0.05) is 9.50 Å². The van der Waals surface area contributed by atoms with Crippen LogP contribution in [0.4, 0.5) is 5.69 Å². The summed E-state index contributed by atoms with van der Waals surface area (Å²) in [4.78, 5) is 27.1. The van der Waals surface area contributed by atoms with Crippen LogP contribution in [0.5, 0.6) is 11.5 Å². The van der Waals surface area contributed by atoms with Crippen molar-refractivity contribution in [2.75, 3.05) is 18.6 Å². The SMILES string of the molecule is CCOc1cc(/C=C2\C(=O)NC(=S)N(c3cccc(Cl)c3C)C2=O)c(Br)cc1OC. The van der Waals surface area contributed by atoms with Crippen molar-refractivity contribution in [1.29, 1.82) is 0 Å². The lowest BCUT2D eigenvalue weighted by Crippen LogP contribution is -2.54. The largest absolute Gasteiger partial charge is 0.493 e. The molecule has 2 amide bonds. The predicted molar refractivity (Wildman–Crippen MR) is 124 cm³/mol. The third kappa shape index (κ3) is 4.21. The van der Waals surface area contributed by atoms with Gasteiger partial charge in [-0.1, -0.05) is 33.6 Å². The lowest BCUT2D eigenvalue weighted by molar-refractivity contribution is -0.122. The van der Waals surface area contributed by atoms with E-state index in [1.165, 1.54) is 18.1 Å². The van der Waals surface area contributed by atoms with Gasteiger partial charge in [0.15, 0.2) is 16.6 Å². The second kappa shape index (κ2) is 9.16. The molecule has 0 unspecified atom stereocenters. The third-order valence-electron chi connectivity index (χ3n) is 4.46. The van der Waals surface area contributed by atoms with Crippen LogP contribution in [0.1, 0.15) is 18.1 Å². The monoisotopic (exact) mass is 508 g/mol. The van der Waals surface area contributed by atoms with Crippen LogP contribution in [-0.2, 0) is 9.59 Å². The Morgan fingerprint density at radius 3 is 2.67 bits per heavy atom. The Hall–Kier alpha value is -2.42. The van der Waals surface area contributed by atoms with Crippen molar-refractivity contribution in [3.8, 4) is 11.5 Å². The van der Waals surface area contributed by atoms with E-state index < -0.39 is 11.8 Å². The van der Waals surface area contributed by atoms with E-state index in [0.717, 1.165) is 0 Å². The molecule has 0 saturated carbocycles. The number of anilines is 1. The average Bonchev–Trinajstić information content (AvgIpc) is 2.70. The first-order chi connectivity index (χ1) is 14.3. The van der Waals surface area contributed by atoms with Crippen LogP contribution in [0.25, 0.3) is 6.08 Å². The Balaban J connectivity index is 2.09. The Labute approximate surface area is 192 Å². The lowest BCUT2D eigenvalue weighted by atomic mass is 10.1. The Bertz CT molecular complexity index is 1090. The van der Waals surface area contributed by atoms with Crippen molar-refractivity contribution >= 4 is 68.4 Å². The van der Waals surface area contributed by atoms with E-state index in [4.69, 9.17) is 33.3 Å². The molecule has 0 radical (unpaired) electrons. The molecule has 1 saturated heterocycles. The van der Waals surface area contributed by atoms with Crippen LogP contribution in [0.3, 0.4) is 0 Å². The highest BCUT2D eigenvalue weighted by Crippen LogP contribution is 2.35. The van der Waals surface area contributed by atoms with Gasteiger partial charge in [0.25, 0.3) is 11.8 Å². The van der Waals surface area contributed by atoms with Gasteiger partial charge in [0.1, 0.15) is 5.57 Å². The van der Waals surface area contributed by atoms with Gasteiger partial charge in [-0.15, -0.1) is 0 Å². The molecule has 9 heteroatoms. The van der Waals surface area contributed by atoms with Gasteiger partial charge < -0.3 is 9.47 Å². The highest BCUT2D eigenvalue weighted by Gasteiger charge is 2.35. The summed E-state index contributed by atoms with van der Waals surface area (Å²) in [6.07, 6.45) is 1.48. The van der Waals surface area contributed by atoms with Crippen molar-refractivity contribution in [3.05, 3.63) is 56.5 Å². The molecule has 1 heterocycles. The molecule has 0 aliphatic carbocycles. The van der Waals surface area contributed by atoms with Crippen LogP contribution < -0.4 is 19.7 Å². The molecule has 1 N–H and O–H groups in total. The number of benzene rings is 2. The molecule has 2 aromatic carbocycles. The van der Waals surface area contributed by atoms with Crippen LogP contribution in [0, 0.1) is 6.92 Å². The molecule has 1 aliphatic rings. The molecule has 0 atom stereocenters. The summed E-state index contributed by atoms with van der Waals surface area (Å²) in [5.74, 6) is -0.101. The molecule has 0 aromatic heterocycles. The number of carbonyl (C=O) groups excluding carboxylic acids is 2. The zero-order valence-corrected chi connectivity index (χ0v) is 19.6. The Kier molecular flexibility index (Phi) is 6.80. The number of thiocarbonyl (C=S) groups is 1. The fourth-order valence-electron chi connectivity index (χ4n) is 2.96. The van der Waals surface area contributed by atoms with Crippen molar-refractivity contribution in [1.82, 2.24) is 5.32 Å². The van der Waals surface area contributed by atoms with Gasteiger partial charge >= 0.3 is 0 Å². The van der Waals surface area contributed by atoms with Gasteiger partial charge in [-0.05, 0) is 67.5 Å². The van der Waals surface area contributed by atoms with Crippen molar-refractivity contribution in [2.45, 2.75) is 13.8 Å². The van der Waals surface area contributed by atoms with E-state index in [9.17, 15) is 9.59 Å². The summed E-state index contributed by atoms with van der Waals surface area (Å²) in [6, 6.07) is 8.57. The molecule has 0 spiro atoms. The average molecular weight is 510 g/mol. The van der Waals surface area contributed by atoms with E-state index in [1.807, 2.05) is 6.92 Å². The molecule has 1 aliphatic heterocycles. The van der Waals surface area contributed by atoms with Gasteiger partial charge in [0.2, 0.25) is 0 Å². The highest BCUT2D eigenvalue weighted by atomic mass is 79.9. The third-order valence-corrected chi connectivity index (χ3v) is 5.85. The highest BCUT2D eigenvalue weighted by molar-refractivity contribution is 9.10. The van der Waals surface area contributed by atoms with Crippen molar-refractivity contribution in [2.24, 2.45) is 0 Å². The second-order valence-electron chi connectivity index (χ2n) is 6.30. The number of hydrogen-bond acceptors (Lipinski definition) is 5. The summed E-state index contributed by atoms with van der Waals surface area (Å²) in [5.41, 5.74) is 1.69. The standard InChI is InChI=1S/C21H18BrClN2O4S/c1-4-29-18-9-12(14(22)10-17(18)28-3)8-13-19(26)24-21(30)25(20(13)27)16-7-5-6-15(23)11(16)2/h5-10H,4H2,1-3H3,(H,24,26,30)/b13-8+. The Morgan fingerprint density at radius 1 is 1.27 bits per heavy atom. The summed E-state index contributed by atoms with van der Waals surface area (Å²) in [6.45, 7) is 4.06. The van der Waals surface area contributed by atoms with Crippen molar-refractivity contribution in [3.63, 3.8) is 0 Å². The Morgan fingerprint density at radius 2 is 2.00 bits per heavy atom.